The summed E-state index contributed by atoms with van der Waals surface area (Å²) in [5, 5.41) is 9.10. The van der Waals surface area contributed by atoms with E-state index in [0.29, 0.717) is 6.42 Å². The van der Waals surface area contributed by atoms with Gasteiger partial charge in [-0.25, -0.2) is 0 Å². The third kappa shape index (κ3) is 47.6. The number of phosphoric ester groups is 10. The van der Waals surface area contributed by atoms with Crippen LogP contribution < -0.4 is 48.9 Å². The Morgan fingerprint density at radius 1 is 0.253 bits per heavy atom. The van der Waals surface area contributed by atoms with Gasteiger partial charge >= 0.3 is 0 Å². The number of hydrogen-bond donors (Lipinski definition) is 2. The van der Waals surface area contributed by atoms with E-state index in [9.17, 15) is 94.6 Å². The topological polar surface area (TPSA) is 617 Å². The van der Waals surface area contributed by atoms with Gasteiger partial charge < -0.3 is 145 Å². The van der Waals surface area contributed by atoms with E-state index >= 15 is 0 Å². The normalized spacial score (nSPS) is 21.2. The molecular formula is C32H66O41P10-10. The van der Waals surface area contributed by atoms with Crippen molar-refractivity contribution in [1.29, 1.82) is 0 Å². The van der Waals surface area contributed by atoms with Crippen molar-refractivity contribution < 1.29 is 191 Å². The zero-order chi connectivity index (χ0) is 63.7. The molecule has 0 rings (SSSR count). The van der Waals surface area contributed by atoms with Crippen LogP contribution in [0.3, 0.4) is 0 Å². The van der Waals surface area contributed by atoms with Gasteiger partial charge in [-0.1, -0.05) is 27.7 Å². The lowest BCUT2D eigenvalue weighted by molar-refractivity contribution is -0.238. The van der Waals surface area contributed by atoms with Crippen LogP contribution in [-0.2, 0) is 132 Å². The van der Waals surface area contributed by atoms with Crippen LogP contribution in [0.15, 0.2) is 0 Å². The molecule has 500 valence electrons. The van der Waals surface area contributed by atoms with Crippen LogP contribution in [-0.4, -0.2) is 142 Å². The summed E-state index contributed by atoms with van der Waals surface area (Å²) >= 11 is 0. The second-order valence-electron chi connectivity index (χ2n) is 15.8. The molecule has 0 heterocycles. The van der Waals surface area contributed by atoms with Crippen LogP contribution in [0.5, 0.6) is 0 Å². The molecule has 2 N–H and O–H groups in total. The molecule has 0 spiro atoms. The highest BCUT2D eigenvalue weighted by atomic mass is 31.2. The van der Waals surface area contributed by atoms with Crippen molar-refractivity contribution in [2.24, 2.45) is 23.7 Å². The maximum Gasteiger partial charge on any atom is 0.268 e. The van der Waals surface area contributed by atoms with E-state index in [2.05, 4.69) is 86.0 Å². The molecule has 0 saturated carbocycles. The SMILES string of the molecule is CCC(CO)COP(=O)([O-])OCCOP(=O)([O-])OCC(CC)COP(=O)([O-])OCCOP(=O)([O-])OCC(CC)COP(=O)([O-])OCCOP(=O)([O-])OCCOP(=O)([O-])OCCOP(=O)([O-])OCCOP(=O)([O-])OCC(CC)COP(=O)([O-])O. The summed E-state index contributed by atoms with van der Waals surface area (Å²) in [5.41, 5.74) is 0. The molecule has 0 aromatic rings. The number of aliphatic hydroxyl groups is 1. The van der Waals surface area contributed by atoms with Gasteiger partial charge in [0.15, 0.2) is 0 Å². The summed E-state index contributed by atoms with van der Waals surface area (Å²) in [6, 6.07) is 0. The van der Waals surface area contributed by atoms with Crippen molar-refractivity contribution in [1.82, 2.24) is 0 Å². The van der Waals surface area contributed by atoms with E-state index in [4.69, 9.17) is 10.00 Å². The standard InChI is InChI=1S/C32H76O41P10/c1-5-29(21-33)22-68-78(43,44)61-17-18-64-81(49,50)71-27-32(8-4)28-73-83(53,54)66-20-19-65-82(51,52)72-26-31(7-3)25-70-80(47,48)63-16-14-60-77(41,42)58-12-10-56-75(37,38)55-9-11-57-76(39,40)59-13-15-62-79(45,46)69-24-30(6-2)23-67-74(34,35)36/h29-33H,5-28H2,1-4H3,(H,37,38)(H,39,40)(H,41,42)(H,43,44)(H,45,46)(H,47,48)(H,49,50)(H,51,52)(H,53,54)(H2,34,35,36)/p-10. The number of hydrogen-bond acceptors (Lipinski definition) is 40. The van der Waals surface area contributed by atoms with Crippen LogP contribution in [0.2, 0.25) is 0 Å². The summed E-state index contributed by atoms with van der Waals surface area (Å²) in [5.74, 6) is -3.17. The van der Waals surface area contributed by atoms with Crippen LogP contribution in [0, 0.1) is 23.7 Å². The highest BCUT2D eigenvalue weighted by Gasteiger charge is 2.23. The third-order valence-corrected chi connectivity index (χ3v) is 18.6. The first kappa shape index (κ1) is 84.1. The Morgan fingerprint density at radius 2 is 0.386 bits per heavy atom. The fourth-order valence-corrected chi connectivity index (χ4v) is 11.7. The Bertz CT molecular complexity index is 2300. The molecule has 0 radical (unpaired) electrons. The quantitative estimate of drug-likeness (QED) is 0.0495. The molecule has 0 bridgehead atoms. The first-order valence-corrected chi connectivity index (χ1v) is 38.5. The number of aliphatic hydroxyl groups excluding tert-OH is 1. The largest absolute Gasteiger partial charge is 0.756 e. The molecule has 14 unspecified atom stereocenters. The zero-order valence-electron chi connectivity index (χ0n) is 44.6. The van der Waals surface area contributed by atoms with Gasteiger partial charge in [0.25, 0.3) is 78.2 Å². The Hall–Kier alpha value is 1.06. The Morgan fingerprint density at radius 3 is 0.518 bits per heavy atom. The molecule has 51 heteroatoms. The molecular weight excluding hydrogens is 1350 g/mol. The molecule has 14 atom stereocenters. The monoisotopic (exact) mass is 1420 g/mol. The van der Waals surface area contributed by atoms with Gasteiger partial charge in [0, 0.05) is 30.3 Å². The second-order valence-corrected chi connectivity index (χ2v) is 29.7. The molecule has 0 aromatic carbocycles. The average molecular weight is 1420 g/mol. The van der Waals surface area contributed by atoms with E-state index in [-0.39, 0.29) is 32.5 Å². The van der Waals surface area contributed by atoms with Gasteiger partial charge in [-0.2, -0.15) is 0 Å². The molecule has 83 heavy (non-hydrogen) atoms. The smallest absolute Gasteiger partial charge is 0.268 e. The minimum Gasteiger partial charge on any atom is -0.756 e. The van der Waals surface area contributed by atoms with Gasteiger partial charge in [0.2, 0.25) is 0 Å². The maximum absolute atomic E-state index is 12.2. The summed E-state index contributed by atoms with van der Waals surface area (Å²) in [7, 11) is -51.4. The molecule has 0 aliphatic carbocycles. The van der Waals surface area contributed by atoms with E-state index < -0.39 is 221 Å². The van der Waals surface area contributed by atoms with Crippen LogP contribution in [0.1, 0.15) is 53.4 Å². The van der Waals surface area contributed by atoms with Crippen LogP contribution in [0.4, 0.5) is 0 Å². The third-order valence-electron chi connectivity index (χ3n) is 9.34. The van der Waals surface area contributed by atoms with E-state index in [1.54, 1.807) is 6.92 Å². The molecule has 0 amide bonds. The molecule has 0 fully saturated rings. The van der Waals surface area contributed by atoms with Crippen molar-refractivity contribution >= 4 is 78.2 Å². The highest BCUT2D eigenvalue weighted by molar-refractivity contribution is 7.48. The molecule has 0 aliphatic rings. The van der Waals surface area contributed by atoms with Gasteiger partial charge in [0.1, 0.15) is 0 Å². The Labute approximate surface area is 476 Å². The fourth-order valence-electron chi connectivity index (χ4n) is 4.66. The fraction of sp³-hybridized carbons (Fsp3) is 1.00. The zero-order valence-corrected chi connectivity index (χ0v) is 53.5. The second kappa shape index (κ2) is 41.5. The van der Waals surface area contributed by atoms with Crippen molar-refractivity contribution in [3.63, 3.8) is 0 Å². The van der Waals surface area contributed by atoms with Gasteiger partial charge in [-0.3, -0.25) is 45.7 Å². The lowest BCUT2D eigenvalue weighted by atomic mass is 10.1. The van der Waals surface area contributed by atoms with Crippen molar-refractivity contribution in [2.45, 2.75) is 53.4 Å². The lowest BCUT2D eigenvalue weighted by Gasteiger charge is -2.29. The number of phosphoric acid groups is 10. The molecule has 0 aromatic heterocycles. The van der Waals surface area contributed by atoms with Crippen molar-refractivity contribution in [3.05, 3.63) is 0 Å². The summed E-state index contributed by atoms with van der Waals surface area (Å²) in [6.07, 6.45) is 0.680. The Balaban J connectivity index is 4.48. The van der Waals surface area contributed by atoms with Crippen LogP contribution >= 0.6 is 78.2 Å². The summed E-state index contributed by atoms with van der Waals surface area (Å²) in [6.45, 7) is -10.1. The van der Waals surface area contributed by atoms with E-state index in [1.807, 2.05) is 0 Å². The molecule has 41 nitrogen and oxygen atoms in total. The highest BCUT2D eigenvalue weighted by Crippen LogP contribution is 2.47. The Kier molecular flexibility index (Phi) is 42.1. The van der Waals surface area contributed by atoms with Gasteiger partial charge in [-0.15, -0.1) is 0 Å². The summed E-state index contributed by atoms with van der Waals surface area (Å²) < 4.78 is 203. The molecule has 0 aliphatic heterocycles. The first-order valence-electron chi connectivity index (χ1n) is 23.8. The van der Waals surface area contributed by atoms with Crippen LogP contribution in [0.25, 0.3) is 0 Å². The molecule has 0 saturated heterocycles. The predicted molar refractivity (Wildman–Crippen MR) is 254 cm³/mol. The average Bonchev–Trinajstić information content (AvgIpc) is 3.37. The first-order chi connectivity index (χ1) is 38.2. The predicted octanol–water partition coefficient (Wildman–Crippen LogP) is -1.92. The lowest BCUT2D eigenvalue weighted by Crippen LogP contribution is -2.22. The van der Waals surface area contributed by atoms with E-state index in [0.717, 1.165) is 0 Å². The summed E-state index contributed by atoms with van der Waals surface area (Å²) in [4.78, 5) is 127. The minimum absolute atomic E-state index is 0.0301. The maximum atomic E-state index is 12.2. The van der Waals surface area contributed by atoms with Crippen molar-refractivity contribution in [2.75, 3.05) is 132 Å². The van der Waals surface area contributed by atoms with E-state index in [1.165, 1.54) is 20.8 Å². The van der Waals surface area contributed by atoms with Crippen molar-refractivity contribution in [3.8, 4) is 0 Å². The minimum atomic E-state index is -5.27. The number of rotatable bonds is 56. The van der Waals surface area contributed by atoms with Gasteiger partial charge in [-0.05, 0) is 25.7 Å². The van der Waals surface area contributed by atoms with Gasteiger partial charge in [0.05, 0.1) is 126 Å².